The minimum atomic E-state index is -0.551. The second-order valence-electron chi connectivity index (χ2n) is 7.00. The van der Waals surface area contributed by atoms with Crippen LogP contribution in [0.15, 0.2) is 81.2 Å². The topological polar surface area (TPSA) is 91.2 Å². The zero-order valence-corrected chi connectivity index (χ0v) is 20.7. The van der Waals surface area contributed by atoms with Gasteiger partial charge >= 0.3 is 0 Å². The number of ether oxygens (including phenoxy) is 1. The number of hydrogen-bond donors (Lipinski definition) is 2. The fraction of sp³-hybridized carbons (Fsp3) is 0.0800. The average Bonchev–Trinajstić information content (AvgIpc) is 2.78. The van der Waals surface area contributed by atoms with E-state index in [4.69, 9.17) is 4.74 Å². The number of amides is 2. The van der Waals surface area contributed by atoms with Crippen molar-refractivity contribution < 1.29 is 14.3 Å². The molecule has 33 heavy (non-hydrogen) atoms. The molecule has 0 heterocycles. The van der Waals surface area contributed by atoms with Crippen LogP contribution in [0.2, 0.25) is 0 Å². The van der Waals surface area contributed by atoms with Gasteiger partial charge in [0.1, 0.15) is 17.4 Å². The van der Waals surface area contributed by atoms with E-state index in [0.29, 0.717) is 31.6 Å². The molecule has 0 unspecified atom stereocenters. The number of carbonyl (C=O) groups excluding carboxylic acids is 2. The van der Waals surface area contributed by atoms with Crippen LogP contribution in [0.3, 0.4) is 0 Å². The van der Waals surface area contributed by atoms with Crippen LogP contribution in [0.5, 0.6) is 5.75 Å². The van der Waals surface area contributed by atoms with Crippen molar-refractivity contribution in [2.24, 2.45) is 0 Å². The van der Waals surface area contributed by atoms with Gasteiger partial charge in [0.05, 0.1) is 4.47 Å². The van der Waals surface area contributed by atoms with Crippen molar-refractivity contribution in [2.75, 3.05) is 17.2 Å². The normalized spacial score (nSPS) is 10.8. The number of para-hydroxylation sites is 1. The molecule has 0 aliphatic heterocycles. The van der Waals surface area contributed by atoms with Crippen LogP contribution >= 0.6 is 31.9 Å². The first kappa shape index (κ1) is 24.2. The van der Waals surface area contributed by atoms with E-state index < -0.39 is 5.91 Å². The molecule has 3 aromatic carbocycles. The van der Waals surface area contributed by atoms with Crippen LogP contribution in [-0.2, 0) is 9.59 Å². The number of aryl methyl sites for hydroxylation is 1. The number of carbonyl (C=O) groups is 2. The average molecular weight is 569 g/mol. The summed E-state index contributed by atoms with van der Waals surface area (Å²) < 4.78 is 7.02. The van der Waals surface area contributed by atoms with Gasteiger partial charge in [0, 0.05) is 21.4 Å². The van der Waals surface area contributed by atoms with Gasteiger partial charge in [-0.25, -0.2) is 0 Å². The van der Waals surface area contributed by atoms with Crippen LogP contribution in [-0.4, -0.2) is 18.4 Å². The van der Waals surface area contributed by atoms with Gasteiger partial charge in [0.15, 0.2) is 6.61 Å². The van der Waals surface area contributed by atoms with Crippen molar-refractivity contribution >= 4 is 61.1 Å². The Bertz CT molecular complexity index is 1230. The molecule has 8 heteroatoms. The maximum atomic E-state index is 12.7. The van der Waals surface area contributed by atoms with Gasteiger partial charge in [-0.3, -0.25) is 9.59 Å². The van der Waals surface area contributed by atoms with Gasteiger partial charge in [-0.2, -0.15) is 5.26 Å². The molecule has 0 fully saturated rings. The van der Waals surface area contributed by atoms with Crippen molar-refractivity contribution in [3.8, 4) is 11.8 Å². The van der Waals surface area contributed by atoms with E-state index in [9.17, 15) is 14.9 Å². The van der Waals surface area contributed by atoms with E-state index >= 15 is 0 Å². The lowest BCUT2D eigenvalue weighted by Crippen LogP contribution is -2.20. The SMILES string of the molecule is Cc1ccc(NC(=O)/C(C#N)=C\c2cc(Br)cc(Br)c2OCC(=O)Nc2ccccc2)cc1. The second-order valence-corrected chi connectivity index (χ2v) is 8.77. The summed E-state index contributed by atoms with van der Waals surface area (Å²) in [5.74, 6) is -0.564. The molecule has 2 amide bonds. The summed E-state index contributed by atoms with van der Waals surface area (Å²) in [6, 6.07) is 21.7. The number of halogens is 2. The Morgan fingerprint density at radius 1 is 1.00 bits per heavy atom. The monoisotopic (exact) mass is 567 g/mol. The minimum Gasteiger partial charge on any atom is -0.482 e. The highest BCUT2D eigenvalue weighted by molar-refractivity contribution is 9.11. The van der Waals surface area contributed by atoms with Gasteiger partial charge in [-0.1, -0.05) is 51.8 Å². The summed E-state index contributed by atoms with van der Waals surface area (Å²) in [5.41, 5.74) is 2.64. The molecule has 0 aliphatic carbocycles. The summed E-state index contributed by atoms with van der Waals surface area (Å²) in [5, 5.41) is 15.0. The number of hydrogen-bond acceptors (Lipinski definition) is 4. The molecular formula is C25H19Br2N3O3. The molecule has 0 aromatic heterocycles. The predicted molar refractivity (Wildman–Crippen MR) is 136 cm³/mol. The van der Waals surface area contributed by atoms with Crippen LogP contribution in [0.4, 0.5) is 11.4 Å². The molecule has 0 saturated carbocycles. The standard InChI is InChI=1S/C25H19Br2N3O3/c1-16-7-9-21(10-8-16)30-25(32)18(14-28)11-17-12-19(26)13-22(27)24(17)33-15-23(31)29-20-5-3-2-4-6-20/h2-13H,15H2,1H3,(H,29,31)(H,30,32)/b18-11-. The van der Waals surface area contributed by atoms with Gasteiger partial charge in [-0.05, 0) is 65.3 Å². The van der Waals surface area contributed by atoms with E-state index in [0.717, 1.165) is 5.56 Å². The van der Waals surface area contributed by atoms with Gasteiger partial charge in [-0.15, -0.1) is 0 Å². The predicted octanol–water partition coefficient (Wildman–Crippen LogP) is 6.08. The van der Waals surface area contributed by atoms with Crippen LogP contribution in [0.1, 0.15) is 11.1 Å². The first-order valence-corrected chi connectivity index (χ1v) is 11.4. The molecule has 0 bridgehead atoms. The van der Waals surface area contributed by atoms with Gasteiger partial charge < -0.3 is 15.4 Å². The highest BCUT2D eigenvalue weighted by atomic mass is 79.9. The van der Waals surface area contributed by atoms with E-state index in [1.165, 1.54) is 6.08 Å². The Labute approximate surface area is 208 Å². The summed E-state index contributed by atoms with van der Waals surface area (Å²) >= 11 is 6.83. The fourth-order valence-electron chi connectivity index (χ4n) is 2.84. The number of nitrogens with one attached hydrogen (secondary N) is 2. The quantitative estimate of drug-likeness (QED) is 0.267. The summed E-state index contributed by atoms with van der Waals surface area (Å²) in [6.07, 6.45) is 1.42. The minimum absolute atomic E-state index is 0.112. The lowest BCUT2D eigenvalue weighted by Gasteiger charge is -2.13. The number of benzene rings is 3. The zero-order valence-electron chi connectivity index (χ0n) is 17.6. The fourth-order valence-corrected chi connectivity index (χ4v) is 4.21. The highest BCUT2D eigenvalue weighted by Gasteiger charge is 2.15. The van der Waals surface area contributed by atoms with Crippen molar-refractivity contribution in [3.05, 3.63) is 92.4 Å². The van der Waals surface area contributed by atoms with E-state index in [2.05, 4.69) is 42.5 Å². The number of nitriles is 1. The Morgan fingerprint density at radius 2 is 1.67 bits per heavy atom. The van der Waals surface area contributed by atoms with Gasteiger partial charge in [0.25, 0.3) is 11.8 Å². The van der Waals surface area contributed by atoms with E-state index in [1.54, 1.807) is 36.4 Å². The Balaban J connectivity index is 1.80. The van der Waals surface area contributed by atoms with Crippen molar-refractivity contribution in [3.63, 3.8) is 0 Å². The summed E-state index contributed by atoms with van der Waals surface area (Å²) in [4.78, 5) is 24.9. The number of rotatable bonds is 7. The number of nitrogens with zero attached hydrogens (tertiary/aromatic N) is 1. The molecule has 0 spiro atoms. The van der Waals surface area contributed by atoms with Crippen LogP contribution < -0.4 is 15.4 Å². The molecule has 6 nitrogen and oxygen atoms in total. The molecular weight excluding hydrogens is 550 g/mol. The van der Waals surface area contributed by atoms with Crippen LogP contribution in [0, 0.1) is 18.3 Å². The van der Waals surface area contributed by atoms with Gasteiger partial charge in [0.2, 0.25) is 0 Å². The largest absolute Gasteiger partial charge is 0.482 e. The molecule has 0 radical (unpaired) electrons. The number of anilines is 2. The van der Waals surface area contributed by atoms with Crippen molar-refractivity contribution in [1.82, 2.24) is 0 Å². The zero-order chi connectivity index (χ0) is 23.8. The third kappa shape index (κ3) is 7.04. The molecule has 0 saturated heterocycles. The van der Waals surface area contributed by atoms with Crippen LogP contribution in [0.25, 0.3) is 6.08 Å². The van der Waals surface area contributed by atoms with Crippen molar-refractivity contribution in [1.29, 1.82) is 5.26 Å². The lowest BCUT2D eigenvalue weighted by molar-refractivity contribution is -0.118. The third-order valence-electron chi connectivity index (χ3n) is 4.42. The smallest absolute Gasteiger partial charge is 0.266 e. The highest BCUT2D eigenvalue weighted by Crippen LogP contribution is 2.34. The third-order valence-corrected chi connectivity index (χ3v) is 5.46. The molecule has 0 atom stereocenters. The molecule has 0 aliphatic rings. The lowest BCUT2D eigenvalue weighted by atomic mass is 10.1. The first-order chi connectivity index (χ1) is 15.9. The maximum absolute atomic E-state index is 12.7. The first-order valence-electron chi connectivity index (χ1n) is 9.82. The van der Waals surface area contributed by atoms with Crippen molar-refractivity contribution in [2.45, 2.75) is 6.92 Å². The Hall–Kier alpha value is -3.41. The summed E-state index contributed by atoms with van der Waals surface area (Å²) in [6.45, 7) is 1.69. The Morgan fingerprint density at radius 3 is 2.33 bits per heavy atom. The van der Waals surface area contributed by atoms with E-state index in [-0.39, 0.29) is 18.1 Å². The molecule has 166 valence electrons. The molecule has 3 rings (SSSR count). The molecule has 3 aromatic rings. The Kier molecular flexibility index (Phi) is 8.41. The molecule has 2 N–H and O–H groups in total. The maximum Gasteiger partial charge on any atom is 0.266 e. The van der Waals surface area contributed by atoms with E-state index in [1.807, 2.05) is 43.3 Å². The second kappa shape index (κ2) is 11.5. The summed E-state index contributed by atoms with van der Waals surface area (Å²) in [7, 11) is 0.